The summed E-state index contributed by atoms with van der Waals surface area (Å²) in [6, 6.07) is 1.66. The van der Waals surface area contributed by atoms with Crippen LogP contribution in [0.15, 0.2) is 18.5 Å². The van der Waals surface area contributed by atoms with E-state index in [1.807, 2.05) is 0 Å². The average molecular weight is 222 g/mol. The van der Waals surface area contributed by atoms with Gasteiger partial charge in [-0.1, -0.05) is 0 Å². The zero-order valence-corrected chi connectivity index (χ0v) is 8.85. The van der Waals surface area contributed by atoms with Crippen molar-refractivity contribution in [1.29, 1.82) is 0 Å². The molecule has 0 bridgehead atoms. The van der Waals surface area contributed by atoms with Crippen LogP contribution in [-0.4, -0.2) is 42.1 Å². The molecular formula is C10H14N4O2. The third kappa shape index (κ3) is 2.12. The lowest BCUT2D eigenvalue weighted by atomic mass is 10.2. The first kappa shape index (κ1) is 10.8. The van der Waals surface area contributed by atoms with Gasteiger partial charge in [0.15, 0.2) is 0 Å². The van der Waals surface area contributed by atoms with Gasteiger partial charge in [-0.3, -0.25) is 15.6 Å². The van der Waals surface area contributed by atoms with Crippen molar-refractivity contribution in [2.75, 3.05) is 31.7 Å². The number of nitrogens with two attached hydrogens (primary N) is 1. The summed E-state index contributed by atoms with van der Waals surface area (Å²) in [5.74, 6) is 5.29. The van der Waals surface area contributed by atoms with E-state index in [0.717, 1.165) is 0 Å². The number of carbonyl (C=O) groups is 1. The monoisotopic (exact) mass is 222 g/mol. The molecule has 6 nitrogen and oxygen atoms in total. The molecule has 0 aromatic carbocycles. The van der Waals surface area contributed by atoms with E-state index in [9.17, 15) is 4.79 Å². The highest BCUT2D eigenvalue weighted by molar-refractivity contribution is 5.99. The van der Waals surface area contributed by atoms with Crippen LogP contribution in [0.4, 0.5) is 5.69 Å². The number of amides is 1. The van der Waals surface area contributed by atoms with Crippen molar-refractivity contribution in [2.45, 2.75) is 0 Å². The highest BCUT2D eigenvalue weighted by Crippen LogP contribution is 2.15. The molecule has 0 radical (unpaired) electrons. The third-order valence-electron chi connectivity index (χ3n) is 2.51. The number of nitrogen functional groups attached to an aromatic ring is 1. The Morgan fingerprint density at radius 1 is 1.50 bits per heavy atom. The van der Waals surface area contributed by atoms with Gasteiger partial charge in [-0.15, -0.1) is 0 Å². The van der Waals surface area contributed by atoms with Crippen molar-refractivity contribution < 1.29 is 9.53 Å². The third-order valence-corrected chi connectivity index (χ3v) is 2.51. The number of ether oxygens (including phenoxy) is 1. The zero-order chi connectivity index (χ0) is 11.4. The molecule has 1 aliphatic rings. The smallest absolute Gasteiger partial charge is 0.256 e. The fourth-order valence-electron chi connectivity index (χ4n) is 1.63. The second-order valence-corrected chi connectivity index (χ2v) is 3.47. The number of nitrogens with one attached hydrogen (secondary N) is 1. The minimum atomic E-state index is -0.0429. The normalized spacial score (nSPS) is 15.9. The summed E-state index contributed by atoms with van der Waals surface area (Å²) < 4.78 is 5.20. The highest BCUT2D eigenvalue weighted by Gasteiger charge is 2.20. The molecule has 1 saturated heterocycles. The molecule has 1 amide bonds. The number of anilines is 1. The summed E-state index contributed by atoms with van der Waals surface area (Å²) in [5, 5.41) is 0. The van der Waals surface area contributed by atoms with Gasteiger partial charge in [0.1, 0.15) is 0 Å². The average Bonchev–Trinajstić information content (AvgIpc) is 2.39. The summed E-state index contributed by atoms with van der Waals surface area (Å²) in [6.45, 7) is 2.40. The molecule has 0 aliphatic carbocycles. The van der Waals surface area contributed by atoms with Gasteiger partial charge in [-0.05, 0) is 6.07 Å². The molecular weight excluding hydrogens is 208 g/mol. The summed E-state index contributed by atoms with van der Waals surface area (Å²) in [4.78, 5) is 17.8. The molecule has 2 heterocycles. The standard InChI is InChI=1S/C10H14N4O2/c11-13-9-7-12-2-1-8(9)10(15)14-3-5-16-6-4-14/h1-2,7,13H,3-6,11H2. The number of hydrogen-bond acceptors (Lipinski definition) is 5. The van der Waals surface area contributed by atoms with E-state index in [-0.39, 0.29) is 5.91 Å². The lowest BCUT2D eigenvalue weighted by molar-refractivity contribution is 0.0303. The maximum atomic E-state index is 12.1. The topological polar surface area (TPSA) is 80.5 Å². The highest BCUT2D eigenvalue weighted by atomic mass is 16.5. The van der Waals surface area contributed by atoms with Crippen LogP contribution in [0, 0.1) is 0 Å². The van der Waals surface area contributed by atoms with Gasteiger partial charge < -0.3 is 15.1 Å². The van der Waals surface area contributed by atoms with Gasteiger partial charge in [-0.2, -0.15) is 0 Å². The molecule has 1 aromatic heterocycles. The van der Waals surface area contributed by atoms with Gasteiger partial charge in [0.2, 0.25) is 0 Å². The molecule has 2 rings (SSSR count). The van der Waals surface area contributed by atoms with Crippen LogP contribution < -0.4 is 11.3 Å². The van der Waals surface area contributed by atoms with Crippen LogP contribution >= 0.6 is 0 Å². The van der Waals surface area contributed by atoms with E-state index >= 15 is 0 Å². The Bertz CT molecular complexity index is 377. The van der Waals surface area contributed by atoms with E-state index in [4.69, 9.17) is 10.6 Å². The SMILES string of the molecule is NNc1cnccc1C(=O)N1CCOCC1. The minimum Gasteiger partial charge on any atom is -0.378 e. The number of carbonyl (C=O) groups excluding carboxylic acids is 1. The molecule has 1 aromatic rings. The molecule has 0 spiro atoms. The molecule has 0 saturated carbocycles. The van der Waals surface area contributed by atoms with Gasteiger partial charge >= 0.3 is 0 Å². The van der Waals surface area contributed by atoms with Crippen molar-refractivity contribution in [3.8, 4) is 0 Å². The van der Waals surface area contributed by atoms with Crippen molar-refractivity contribution in [3.05, 3.63) is 24.0 Å². The first-order valence-electron chi connectivity index (χ1n) is 5.10. The number of rotatable bonds is 2. The lowest BCUT2D eigenvalue weighted by Gasteiger charge is -2.27. The Morgan fingerprint density at radius 2 is 2.25 bits per heavy atom. The Labute approximate surface area is 93.4 Å². The van der Waals surface area contributed by atoms with E-state index in [1.54, 1.807) is 17.2 Å². The van der Waals surface area contributed by atoms with E-state index in [1.165, 1.54) is 6.20 Å². The van der Waals surface area contributed by atoms with Crippen molar-refractivity contribution >= 4 is 11.6 Å². The number of pyridine rings is 1. The van der Waals surface area contributed by atoms with Crippen LogP contribution in [0.5, 0.6) is 0 Å². The minimum absolute atomic E-state index is 0.0429. The second kappa shape index (κ2) is 4.91. The number of hydrogen-bond donors (Lipinski definition) is 2. The van der Waals surface area contributed by atoms with Crippen molar-refractivity contribution in [1.82, 2.24) is 9.88 Å². The van der Waals surface area contributed by atoms with Crippen LogP contribution in [0.1, 0.15) is 10.4 Å². The van der Waals surface area contributed by atoms with Crippen LogP contribution in [0.25, 0.3) is 0 Å². The first-order valence-corrected chi connectivity index (χ1v) is 5.10. The van der Waals surface area contributed by atoms with Gasteiger partial charge in [-0.25, -0.2) is 0 Å². The van der Waals surface area contributed by atoms with Gasteiger partial charge in [0, 0.05) is 19.3 Å². The maximum absolute atomic E-state index is 12.1. The van der Waals surface area contributed by atoms with Crippen molar-refractivity contribution in [2.24, 2.45) is 5.84 Å². The Morgan fingerprint density at radius 3 is 2.94 bits per heavy atom. The number of aromatic nitrogens is 1. The largest absolute Gasteiger partial charge is 0.378 e. The number of morpholine rings is 1. The molecule has 6 heteroatoms. The molecule has 16 heavy (non-hydrogen) atoms. The lowest BCUT2D eigenvalue weighted by Crippen LogP contribution is -2.41. The predicted molar refractivity (Wildman–Crippen MR) is 58.8 cm³/mol. The van der Waals surface area contributed by atoms with Gasteiger partial charge in [0.25, 0.3) is 5.91 Å². The van der Waals surface area contributed by atoms with Crippen molar-refractivity contribution in [3.63, 3.8) is 0 Å². The molecule has 1 aliphatic heterocycles. The summed E-state index contributed by atoms with van der Waals surface area (Å²) in [6.07, 6.45) is 3.11. The summed E-state index contributed by atoms with van der Waals surface area (Å²) in [5.41, 5.74) is 3.56. The van der Waals surface area contributed by atoms with E-state index < -0.39 is 0 Å². The Hall–Kier alpha value is -1.66. The fraction of sp³-hybridized carbons (Fsp3) is 0.400. The van der Waals surface area contributed by atoms with E-state index in [0.29, 0.717) is 37.6 Å². The summed E-state index contributed by atoms with van der Waals surface area (Å²) >= 11 is 0. The first-order chi connectivity index (χ1) is 7.83. The van der Waals surface area contributed by atoms with Crippen LogP contribution in [-0.2, 0) is 4.74 Å². The molecule has 0 atom stereocenters. The summed E-state index contributed by atoms with van der Waals surface area (Å²) in [7, 11) is 0. The maximum Gasteiger partial charge on any atom is 0.256 e. The van der Waals surface area contributed by atoms with Crippen LogP contribution in [0.3, 0.4) is 0 Å². The van der Waals surface area contributed by atoms with Crippen LogP contribution in [0.2, 0.25) is 0 Å². The molecule has 0 unspecified atom stereocenters. The number of hydrazine groups is 1. The second-order valence-electron chi connectivity index (χ2n) is 3.47. The zero-order valence-electron chi connectivity index (χ0n) is 8.85. The molecule has 86 valence electrons. The predicted octanol–water partition coefficient (Wildman–Crippen LogP) is -0.160. The van der Waals surface area contributed by atoms with E-state index in [2.05, 4.69) is 10.4 Å². The quantitative estimate of drug-likeness (QED) is 0.537. The number of nitrogens with zero attached hydrogens (tertiary/aromatic N) is 2. The Kier molecular flexibility index (Phi) is 3.33. The van der Waals surface area contributed by atoms with Gasteiger partial charge in [0.05, 0.1) is 30.7 Å². The molecule has 3 N–H and O–H groups in total. The fourth-order valence-corrected chi connectivity index (χ4v) is 1.63. The Balaban J connectivity index is 2.19. The molecule has 1 fully saturated rings.